The number of nitrogens with one attached hydrogen (secondary N) is 1. The van der Waals surface area contributed by atoms with Gasteiger partial charge >= 0.3 is 13.3 Å². The number of hydrogen-bond acceptors (Lipinski definition) is 7. The smallest absolute Gasteiger partial charge is 0.308 e. The number of nitrogens with zero attached hydrogens (tertiary/aromatic N) is 2. The van der Waals surface area contributed by atoms with Gasteiger partial charge in [-0.1, -0.05) is 0 Å². The predicted octanol–water partition coefficient (Wildman–Crippen LogP) is 1.03. The van der Waals surface area contributed by atoms with Crippen molar-refractivity contribution in [2.75, 3.05) is 20.3 Å². The molecule has 9 nitrogen and oxygen atoms in total. The van der Waals surface area contributed by atoms with Gasteiger partial charge in [-0.15, -0.1) is 0 Å². The fraction of sp³-hybridized carbons (Fsp3) is 0.667. The summed E-state index contributed by atoms with van der Waals surface area (Å²) in [7, 11) is -1.98. The molecule has 0 radical (unpaired) electrons. The second-order valence-corrected chi connectivity index (χ2v) is 7.03. The summed E-state index contributed by atoms with van der Waals surface area (Å²) in [5.41, 5.74) is -1.93. The lowest BCUT2D eigenvalue weighted by Gasteiger charge is -2.25. The van der Waals surface area contributed by atoms with Crippen molar-refractivity contribution in [2.45, 2.75) is 32.3 Å². The monoisotopic (exact) mass is 351 g/mol. The zero-order chi connectivity index (χ0) is 17.2. The number of hydrogen-bond donors (Lipinski definition) is 1. The van der Waals surface area contributed by atoms with Crippen molar-refractivity contribution >= 4 is 7.60 Å². The molecular weight excluding hydrogens is 332 g/mol. The molecule has 0 aliphatic carbocycles. The summed E-state index contributed by atoms with van der Waals surface area (Å²) >= 11 is 0. The molecule has 1 N–H and O–H groups in total. The number of aromatic nitrogens is 2. The molecule has 1 saturated heterocycles. The molecule has 130 valence electrons. The Labute approximate surface area is 131 Å². The van der Waals surface area contributed by atoms with Gasteiger partial charge in [0, 0.05) is 13.5 Å². The number of H-pyrrole nitrogens is 1. The van der Waals surface area contributed by atoms with E-state index in [1.807, 2.05) is 4.98 Å². The van der Waals surface area contributed by atoms with Gasteiger partial charge < -0.3 is 9.05 Å². The molecule has 2 unspecified atom stereocenters. The fourth-order valence-electron chi connectivity index (χ4n) is 2.37. The highest BCUT2D eigenvalue weighted by Gasteiger charge is 2.46. The van der Waals surface area contributed by atoms with Gasteiger partial charge in [-0.3, -0.25) is 23.7 Å². The average Bonchev–Trinajstić information content (AvgIpc) is 2.86. The van der Waals surface area contributed by atoms with Crippen molar-refractivity contribution in [3.8, 4) is 0 Å². The largest absolute Gasteiger partial charge is 0.350 e. The van der Waals surface area contributed by atoms with Crippen molar-refractivity contribution in [2.24, 2.45) is 0 Å². The molecule has 0 saturated carbocycles. The Morgan fingerprint density at radius 1 is 1.39 bits per heavy atom. The van der Waals surface area contributed by atoms with Crippen LogP contribution in [0.4, 0.5) is 4.39 Å². The van der Waals surface area contributed by atoms with Gasteiger partial charge in [-0.05, 0) is 13.8 Å². The SMILES string of the molecule is CCOP(=O)(OCC)C1CC(n2cc(F)c(=O)[nH]c2=O)ON1C. The second-order valence-electron chi connectivity index (χ2n) is 4.84. The lowest BCUT2D eigenvalue weighted by Crippen LogP contribution is -2.34. The summed E-state index contributed by atoms with van der Waals surface area (Å²) in [6.45, 7) is 3.72. The molecule has 11 heteroatoms. The standard InChI is InChI=1S/C12H19FN3O6P/c1-4-20-23(19,21-5-2)10-6-9(22-15(10)3)16-7-8(13)11(17)14-12(16)18/h7,9-10H,4-6H2,1-3H3,(H,14,17,18). The maximum Gasteiger partial charge on any atom is 0.350 e. The van der Waals surface area contributed by atoms with Crippen LogP contribution in [0, 0.1) is 5.82 Å². The molecule has 0 amide bonds. The van der Waals surface area contributed by atoms with Crippen molar-refractivity contribution in [3.63, 3.8) is 0 Å². The molecule has 1 aromatic heterocycles. The Hall–Kier alpha value is -1.32. The third kappa shape index (κ3) is 3.61. The van der Waals surface area contributed by atoms with Gasteiger partial charge in [-0.25, -0.2) is 4.79 Å². The first-order valence-electron chi connectivity index (χ1n) is 7.11. The molecule has 0 spiro atoms. The molecule has 2 atom stereocenters. The van der Waals surface area contributed by atoms with Crippen molar-refractivity contribution in [1.82, 2.24) is 14.6 Å². The minimum absolute atomic E-state index is 0.0686. The van der Waals surface area contributed by atoms with E-state index in [2.05, 4.69) is 0 Å². The van der Waals surface area contributed by atoms with Gasteiger partial charge in [0.2, 0.25) is 5.82 Å². The topological polar surface area (TPSA) is 103 Å². The summed E-state index contributed by atoms with van der Waals surface area (Å²) in [4.78, 5) is 30.2. The quantitative estimate of drug-likeness (QED) is 0.764. The fourth-order valence-corrected chi connectivity index (χ4v) is 4.40. The number of hydroxylamine groups is 2. The maximum atomic E-state index is 13.4. The summed E-state index contributed by atoms with van der Waals surface area (Å²) < 4.78 is 37.7. The van der Waals surface area contributed by atoms with Crippen molar-refractivity contribution < 1.29 is 22.8 Å². The molecule has 2 rings (SSSR count). The van der Waals surface area contributed by atoms with Crippen LogP contribution < -0.4 is 11.2 Å². The minimum Gasteiger partial charge on any atom is -0.308 e. The number of halogens is 1. The van der Waals surface area contributed by atoms with Crippen LogP contribution >= 0.6 is 7.60 Å². The Bertz CT molecular complexity index is 709. The van der Waals surface area contributed by atoms with Crippen molar-refractivity contribution in [1.29, 1.82) is 0 Å². The first kappa shape index (κ1) is 18.0. The Kier molecular flexibility index (Phi) is 5.53. The van der Waals surface area contributed by atoms with Crippen LogP contribution in [0.5, 0.6) is 0 Å². The van der Waals surface area contributed by atoms with E-state index in [0.717, 1.165) is 10.8 Å². The molecule has 1 fully saturated rings. The van der Waals surface area contributed by atoms with E-state index in [-0.39, 0.29) is 19.6 Å². The van der Waals surface area contributed by atoms with E-state index >= 15 is 0 Å². The summed E-state index contributed by atoms with van der Waals surface area (Å²) in [6.07, 6.45) is -0.105. The first-order valence-corrected chi connectivity index (χ1v) is 8.73. The summed E-state index contributed by atoms with van der Waals surface area (Å²) in [5, 5.41) is 1.27. The highest BCUT2D eigenvalue weighted by atomic mass is 31.2. The third-order valence-electron chi connectivity index (χ3n) is 3.34. The molecule has 1 aliphatic heterocycles. The van der Waals surface area contributed by atoms with Crippen molar-refractivity contribution in [3.05, 3.63) is 32.9 Å². The van der Waals surface area contributed by atoms with Crippen LogP contribution in [0.25, 0.3) is 0 Å². The molecule has 0 aromatic carbocycles. The number of rotatable bonds is 6. The molecule has 2 heterocycles. The summed E-state index contributed by atoms with van der Waals surface area (Å²) in [5.74, 6) is -1.87. The maximum absolute atomic E-state index is 13.4. The van der Waals surface area contributed by atoms with Crippen LogP contribution in [0.15, 0.2) is 15.8 Å². The van der Waals surface area contributed by atoms with E-state index in [1.165, 1.54) is 12.1 Å². The number of aromatic amines is 1. The highest BCUT2D eigenvalue weighted by Crippen LogP contribution is 2.58. The average molecular weight is 351 g/mol. The van der Waals surface area contributed by atoms with E-state index in [1.54, 1.807) is 13.8 Å². The Morgan fingerprint density at radius 3 is 2.57 bits per heavy atom. The highest BCUT2D eigenvalue weighted by molar-refractivity contribution is 7.54. The zero-order valence-corrected chi connectivity index (χ0v) is 13.9. The lowest BCUT2D eigenvalue weighted by molar-refractivity contribution is -0.160. The van der Waals surface area contributed by atoms with Gasteiger partial charge in [0.15, 0.2) is 6.23 Å². The van der Waals surface area contributed by atoms with Gasteiger partial charge in [0.25, 0.3) is 5.56 Å². The lowest BCUT2D eigenvalue weighted by atomic mass is 10.4. The molecular formula is C12H19FN3O6P. The van der Waals surface area contributed by atoms with Gasteiger partial charge in [-0.2, -0.15) is 9.45 Å². The van der Waals surface area contributed by atoms with E-state index in [4.69, 9.17) is 13.9 Å². The predicted molar refractivity (Wildman–Crippen MR) is 78.4 cm³/mol. The van der Waals surface area contributed by atoms with E-state index < -0.39 is 36.7 Å². The first-order chi connectivity index (χ1) is 10.8. The molecule has 1 aliphatic rings. The molecule has 23 heavy (non-hydrogen) atoms. The van der Waals surface area contributed by atoms with Crippen LogP contribution in [0.3, 0.4) is 0 Å². The van der Waals surface area contributed by atoms with Crippen LogP contribution in [-0.4, -0.2) is 40.7 Å². The van der Waals surface area contributed by atoms with Gasteiger partial charge in [0.05, 0.1) is 19.4 Å². The van der Waals surface area contributed by atoms with E-state index in [9.17, 15) is 18.5 Å². The van der Waals surface area contributed by atoms with Crippen LogP contribution in [0.2, 0.25) is 0 Å². The molecule has 0 bridgehead atoms. The Morgan fingerprint density at radius 2 is 2.00 bits per heavy atom. The zero-order valence-electron chi connectivity index (χ0n) is 13.0. The molecule has 1 aromatic rings. The normalized spacial score (nSPS) is 22.6. The van der Waals surface area contributed by atoms with E-state index in [0.29, 0.717) is 0 Å². The summed E-state index contributed by atoms with van der Waals surface area (Å²) in [6, 6.07) is 0. The Balaban J connectivity index is 2.31. The third-order valence-corrected chi connectivity index (χ3v) is 5.84. The minimum atomic E-state index is -3.50. The van der Waals surface area contributed by atoms with Crippen LogP contribution in [0.1, 0.15) is 26.5 Å². The van der Waals surface area contributed by atoms with Gasteiger partial charge in [0.1, 0.15) is 5.78 Å². The van der Waals surface area contributed by atoms with Crippen LogP contribution in [-0.2, 0) is 18.5 Å². The second kappa shape index (κ2) is 7.06.